The fourth-order valence-corrected chi connectivity index (χ4v) is 2.39. The topological polar surface area (TPSA) is 9.23 Å². The molecule has 0 heterocycles. The Balaban J connectivity index is 2.20. The Kier molecular flexibility index (Phi) is 5.53. The van der Waals surface area contributed by atoms with Gasteiger partial charge in [0.05, 0.1) is 11.5 Å². The molecule has 0 N–H and O–H groups in total. The molecule has 2 aromatic carbocycles. The van der Waals surface area contributed by atoms with E-state index in [2.05, 4.69) is 11.8 Å². The summed E-state index contributed by atoms with van der Waals surface area (Å²) < 4.78 is 42.5. The lowest BCUT2D eigenvalue weighted by molar-refractivity contribution is -0.137. The Hall–Kier alpha value is -1.90. The zero-order valence-corrected chi connectivity index (χ0v) is 12.6. The van der Waals surface area contributed by atoms with Gasteiger partial charge in [0.1, 0.15) is 0 Å². The summed E-state index contributed by atoms with van der Waals surface area (Å²) in [5.74, 6) is 6.39. The third-order valence-corrected chi connectivity index (χ3v) is 3.79. The summed E-state index contributed by atoms with van der Waals surface area (Å²) in [5, 5.41) is 0. The van der Waals surface area contributed by atoms with E-state index in [-0.39, 0.29) is 0 Å². The van der Waals surface area contributed by atoms with Crippen LogP contribution in [0.25, 0.3) is 0 Å². The molecule has 0 saturated carbocycles. The first kappa shape index (κ1) is 16.5. The zero-order chi connectivity index (χ0) is 16.0. The maximum atomic E-state index is 12.5. The van der Waals surface area contributed by atoms with Crippen LogP contribution in [-0.4, -0.2) is 13.0 Å². The summed E-state index contributed by atoms with van der Waals surface area (Å²) >= 11 is 1.51. The van der Waals surface area contributed by atoms with Crippen LogP contribution in [0.5, 0.6) is 0 Å². The van der Waals surface area contributed by atoms with Crippen molar-refractivity contribution in [3.8, 4) is 11.8 Å². The van der Waals surface area contributed by atoms with E-state index in [4.69, 9.17) is 4.74 Å². The van der Waals surface area contributed by atoms with Gasteiger partial charge in [0.15, 0.2) is 0 Å². The Bertz CT molecular complexity index is 682. The molecular formula is C17H13F3OS. The van der Waals surface area contributed by atoms with Crippen LogP contribution in [0, 0.1) is 11.8 Å². The minimum absolute atomic E-state index is 0.513. The summed E-state index contributed by atoms with van der Waals surface area (Å²) in [5.41, 5.74) is 0.693. The third-order valence-electron chi connectivity index (χ3n) is 2.77. The zero-order valence-electron chi connectivity index (χ0n) is 11.8. The minimum atomic E-state index is -4.32. The van der Waals surface area contributed by atoms with Gasteiger partial charge in [0.25, 0.3) is 0 Å². The predicted molar refractivity (Wildman–Crippen MR) is 81.6 cm³/mol. The molecule has 0 amide bonds. The highest BCUT2D eigenvalue weighted by Gasteiger charge is 2.29. The number of hydrogen-bond acceptors (Lipinski definition) is 2. The lowest BCUT2D eigenvalue weighted by Gasteiger charge is -2.05. The highest BCUT2D eigenvalue weighted by molar-refractivity contribution is 7.99. The van der Waals surface area contributed by atoms with Gasteiger partial charge >= 0.3 is 6.18 Å². The van der Waals surface area contributed by atoms with Crippen molar-refractivity contribution in [1.82, 2.24) is 0 Å². The SMILES string of the molecule is COCSc1ccccc1C#Cc1ccc(C(F)(F)F)cc1. The molecule has 2 aromatic rings. The molecule has 0 saturated heterocycles. The summed E-state index contributed by atoms with van der Waals surface area (Å²) in [6.45, 7) is 0. The van der Waals surface area contributed by atoms with Gasteiger partial charge in [-0.2, -0.15) is 13.2 Å². The molecule has 22 heavy (non-hydrogen) atoms. The molecule has 0 fully saturated rings. The molecule has 0 aliphatic rings. The van der Waals surface area contributed by atoms with Crippen LogP contribution in [-0.2, 0) is 10.9 Å². The molecule has 0 bridgehead atoms. The number of ether oxygens (including phenoxy) is 1. The third kappa shape index (κ3) is 4.55. The van der Waals surface area contributed by atoms with E-state index in [0.29, 0.717) is 11.5 Å². The average molecular weight is 322 g/mol. The van der Waals surface area contributed by atoms with E-state index in [1.165, 1.54) is 23.9 Å². The van der Waals surface area contributed by atoms with E-state index in [0.717, 1.165) is 22.6 Å². The standard InChI is InChI=1S/C17H13F3OS/c1-21-12-22-16-5-3-2-4-14(16)9-6-13-7-10-15(11-8-13)17(18,19)20/h2-5,7-8,10-11H,12H2,1H3. The number of halogens is 3. The van der Waals surface area contributed by atoms with Crippen molar-refractivity contribution in [3.05, 3.63) is 65.2 Å². The van der Waals surface area contributed by atoms with Crippen LogP contribution < -0.4 is 0 Å². The van der Waals surface area contributed by atoms with E-state index in [9.17, 15) is 13.2 Å². The monoisotopic (exact) mass is 322 g/mol. The number of hydrogen-bond donors (Lipinski definition) is 0. The van der Waals surface area contributed by atoms with Gasteiger partial charge in [0.2, 0.25) is 0 Å². The second-order valence-electron chi connectivity index (χ2n) is 4.37. The quantitative estimate of drug-likeness (QED) is 0.456. The smallest absolute Gasteiger partial charge is 0.374 e. The molecule has 2 rings (SSSR count). The van der Waals surface area contributed by atoms with Crippen molar-refractivity contribution >= 4 is 11.8 Å². The van der Waals surface area contributed by atoms with Crippen LogP contribution in [0.15, 0.2) is 53.4 Å². The largest absolute Gasteiger partial charge is 0.416 e. The van der Waals surface area contributed by atoms with Crippen LogP contribution >= 0.6 is 11.8 Å². The van der Waals surface area contributed by atoms with Crippen molar-refractivity contribution < 1.29 is 17.9 Å². The van der Waals surface area contributed by atoms with Gasteiger partial charge in [-0.25, -0.2) is 0 Å². The summed E-state index contributed by atoms with van der Waals surface area (Å²) in [6, 6.07) is 12.4. The molecule has 0 aliphatic heterocycles. The van der Waals surface area contributed by atoms with Gasteiger partial charge in [-0.15, -0.1) is 0 Å². The normalized spacial score (nSPS) is 10.9. The lowest BCUT2D eigenvalue weighted by Crippen LogP contribution is -2.04. The molecule has 0 aromatic heterocycles. The summed E-state index contributed by atoms with van der Waals surface area (Å²) in [6.07, 6.45) is -4.32. The molecule has 0 radical (unpaired) electrons. The van der Waals surface area contributed by atoms with Crippen LogP contribution in [0.1, 0.15) is 16.7 Å². The van der Waals surface area contributed by atoms with Gasteiger partial charge in [-0.1, -0.05) is 35.7 Å². The second kappa shape index (κ2) is 7.39. The second-order valence-corrected chi connectivity index (χ2v) is 5.34. The molecule has 0 atom stereocenters. The molecule has 0 aliphatic carbocycles. The first-order valence-corrected chi connectivity index (χ1v) is 7.39. The van der Waals surface area contributed by atoms with Crippen molar-refractivity contribution in [2.24, 2.45) is 0 Å². The Labute approximate surface area is 131 Å². The Morgan fingerprint density at radius 3 is 2.32 bits per heavy atom. The van der Waals surface area contributed by atoms with E-state index in [1.807, 2.05) is 24.3 Å². The number of benzene rings is 2. The first-order chi connectivity index (χ1) is 10.5. The van der Waals surface area contributed by atoms with E-state index >= 15 is 0 Å². The number of methoxy groups -OCH3 is 1. The molecule has 1 nitrogen and oxygen atoms in total. The maximum absolute atomic E-state index is 12.5. The fraction of sp³-hybridized carbons (Fsp3) is 0.176. The summed E-state index contributed by atoms with van der Waals surface area (Å²) in [7, 11) is 1.61. The molecule has 0 spiro atoms. The number of thioether (sulfide) groups is 1. The number of alkyl halides is 3. The Morgan fingerprint density at radius 1 is 1.00 bits per heavy atom. The number of rotatable bonds is 3. The molecule has 0 unspecified atom stereocenters. The van der Waals surface area contributed by atoms with Crippen molar-refractivity contribution in [1.29, 1.82) is 0 Å². The highest BCUT2D eigenvalue weighted by atomic mass is 32.2. The van der Waals surface area contributed by atoms with Crippen LogP contribution in [0.2, 0.25) is 0 Å². The van der Waals surface area contributed by atoms with Gasteiger partial charge in [0, 0.05) is 23.1 Å². The van der Waals surface area contributed by atoms with Crippen LogP contribution in [0.4, 0.5) is 13.2 Å². The minimum Gasteiger partial charge on any atom is -0.374 e. The molecule has 114 valence electrons. The fourth-order valence-electron chi connectivity index (χ4n) is 1.70. The molecular weight excluding hydrogens is 309 g/mol. The Morgan fingerprint density at radius 2 is 1.68 bits per heavy atom. The summed E-state index contributed by atoms with van der Waals surface area (Å²) in [4.78, 5) is 0.976. The van der Waals surface area contributed by atoms with E-state index < -0.39 is 11.7 Å². The molecule has 5 heteroatoms. The highest BCUT2D eigenvalue weighted by Crippen LogP contribution is 2.29. The van der Waals surface area contributed by atoms with Gasteiger partial charge < -0.3 is 4.74 Å². The van der Waals surface area contributed by atoms with Crippen molar-refractivity contribution in [2.45, 2.75) is 11.1 Å². The van der Waals surface area contributed by atoms with Crippen molar-refractivity contribution in [2.75, 3.05) is 13.0 Å². The first-order valence-electron chi connectivity index (χ1n) is 6.41. The lowest BCUT2D eigenvalue weighted by atomic mass is 10.1. The van der Waals surface area contributed by atoms with Crippen molar-refractivity contribution in [3.63, 3.8) is 0 Å². The van der Waals surface area contributed by atoms with E-state index in [1.54, 1.807) is 7.11 Å². The van der Waals surface area contributed by atoms with Gasteiger partial charge in [-0.05, 0) is 36.4 Å². The maximum Gasteiger partial charge on any atom is 0.416 e. The average Bonchev–Trinajstić information content (AvgIpc) is 2.51. The van der Waals surface area contributed by atoms with Gasteiger partial charge in [-0.3, -0.25) is 0 Å². The van der Waals surface area contributed by atoms with Crippen LogP contribution in [0.3, 0.4) is 0 Å². The predicted octanol–water partition coefficient (Wildman–Crippen LogP) is 4.80.